The van der Waals surface area contributed by atoms with Crippen molar-refractivity contribution in [2.45, 2.75) is 6.10 Å². The van der Waals surface area contributed by atoms with E-state index in [1.807, 2.05) is 6.07 Å². The molecular weight excluding hydrogens is 273 g/mol. The molecule has 1 unspecified atom stereocenters. The number of aliphatic hydroxyl groups is 1. The number of ether oxygens (including phenoxy) is 1. The number of halogens is 1. The second-order valence-corrected chi connectivity index (χ2v) is 4.49. The number of amides is 1. The summed E-state index contributed by atoms with van der Waals surface area (Å²) in [6.45, 7) is 0.0929. The van der Waals surface area contributed by atoms with Crippen molar-refractivity contribution in [1.82, 2.24) is 5.32 Å². The van der Waals surface area contributed by atoms with E-state index in [2.05, 4.69) is 5.32 Å². The number of carbonyl (C=O) groups is 1. The summed E-state index contributed by atoms with van der Waals surface area (Å²) in [7, 11) is 0. The van der Waals surface area contributed by atoms with Gasteiger partial charge in [0, 0.05) is 12.1 Å². The number of benzene rings is 2. The topological polar surface area (TPSA) is 58.6 Å². The molecule has 0 fully saturated rings. The number of rotatable bonds is 6. The minimum absolute atomic E-state index is 0.0146. The summed E-state index contributed by atoms with van der Waals surface area (Å²) in [4.78, 5) is 11.8. The van der Waals surface area contributed by atoms with Gasteiger partial charge in [0.15, 0.2) is 0 Å². The third-order valence-electron chi connectivity index (χ3n) is 2.79. The monoisotopic (exact) mass is 289 g/mol. The molecule has 1 amide bonds. The van der Waals surface area contributed by atoms with Crippen molar-refractivity contribution < 1.29 is 19.0 Å². The predicted molar refractivity (Wildman–Crippen MR) is 76.7 cm³/mol. The van der Waals surface area contributed by atoms with Crippen LogP contribution in [0.1, 0.15) is 10.4 Å². The van der Waals surface area contributed by atoms with Crippen LogP contribution in [0.5, 0.6) is 5.75 Å². The molecule has 2 aromatic rings. The van der Waals surface area contributed by atoms with E-state index in [0.29, 0.717) is 11.3 Å². The average Bonchev–Trinajstić information content (AvgIpc) is 2.53. The van der Waals surface area contributed by atoms with E-state index in [0.717, 1.165) is 0 Å². The van der Waals surface area contributed by atoms with Gasteiger partial charge in [0.2, 0.25) is 0 Å². The summed E-state index contributed by atoms with van der Waals surface area (Å²) in [6, 6.07) is 14.2. The van der Waals surface area contributed by atoms with E-state index >= 15 is 0 Å². The first-order chi connectivity index (χ1) is 10.1. The van der Waals surface area contributed by atoms with Crippen LogP contribution in [-0.4, -0.2) is 30.3 Å². The maximum Gasteiger partial charge on any atom is 0.251 e. The lowest BCUT2D eigenvalue weighted by Gasteiger charge is -2.13. The molecule has 2 N–H and O–H groups in total. The van der Waals surface area contributed by atoms with Crippen molar-refractivity contribution in [3.05, 3.63) is 66.0 Å². The van der Waals surface area contributed by atoms with E-state index < -0.39 is 6.10 Å². The van der Waals surface area contributed by atoms with E-state index in [1.54, 1.807) is 24.3 Å². The molecule has 21 heavy (non-hydrogen) atoms. The zero-order valence-electron chi connectivity index (χ0n) is 11.3. The van der Waals surface area contributed by atoms with Gasteiger partial charge in [0.1, 0.15) is 24.3 Å². The van der Waals surface area contributed by atoms with Crippen molar-refractivity contribution in [2.75, 3.05) is 13.2 Å². The Morgan fingerprint density at radius 2 is 1.81 bits per heavy atom. The fourth-order valence-corrected chi connectivity index (χ4v) is 1.68. The first-order valence-electron chi connectivity index (χ1n) is 6.55. The molecule has 1 atom stereocenters. The normalized spacial score (nSPS) is 11.7. The highest BCUT2D eigenvalue weighted by atomic mass is 19.1. The summed E-state index contributed by atoms with van der Waals surface area (Å²) in [6.07, 6.45) is -0.845. The molecule has 0 aliphatic rings. The fourth-order valence-electron chi connectivity index (χ4n) is 1.68. The molecule has 0 saturated heterocycles. The number of carbonyl (C=O) groups excluding carboxylic acids is 1. The van der Waals surface area contributed by atoms with E-state index in [9.17, 15) is 14.3 Å². The van der Waals surface area contributed by atoms with Gasteiger partial charge < -0.3 is 15.2 Å². The Kier molecular flexibility index (Phi) is 5.29. The molecule has 0 aliphatic carbocycles. The highest BCUT2D eigenvalue weighted by Gasteiger charge is 2.09. The van der Waals surface area contributed by atoms with E-state index in [-0.39, 0.29) is 24.9 Å². The molecule has 0 saturated carbocycles. The van der Waals surface area contributed by atoms with Crippen molar-refractivity contribution >= 4 is 5.91 Å². The quantitative estimate of drug-likeness (QED) is 0.855. The summed E-state index contributed by atoms with van der Waals surface area (Å²) in [5.41, 5.74) is 0.532. The maximum absolute atomic E-state index is 12.7. The summed E-state index contributed by atoms with van der Waals surface area (Å²) >= 11 is 0. The Balaban J connectivity index is 1.73. The van der Waals surface area contributed by atoms with Crippen molar-refractivity contribution in [2.24, 2.45) is 0 Å². The van der Waals surface area contributed by atoms with Gasteiger partial charge in [-0.15, -0.1) is 0 Å². The molecule has 2 rings (SSSR count). The molecule has 0 aromatic heterocycles. The van der Waals surface area contributed by atoms with Crippen LogP contribution in [0.15, 0.2) is 54.6 Å². The van der Waals surface area contributed by atoms with E-state index in [4.69, 9.17) is 4.74 Å². The number of aliphatic hydroxyl groups excluding tert-OH is 1. The number of hydrogen-bond acceptors (Lipinski definition) is 3. The van der Waals surface area contributed by atoms with Crippen molar-refractivity contribution in [3.8, 4) is 5.75 Å². The molecule has 0 bridgehead atoms. The third kappa shape index (κ3) is 4.89. The highest BCUT2D eigenvalue weighted by Crippen LogP contribution is 2.11. The fraction of sp³-hybridized carbons (Fsp3) is 0.188. The van der Waals surface area contributed by atoms with Gasteiger partial charge in [-0.1, -0.05) is 18.2 Å². The van der Waals surface area contributed by atoms with Crippen LogP contribution in [0.4, 0.5) is 4.39 Å². The van der Waals surface area contributed by atoms with Crippen molar-refractivity contribution in [3.63, 3.8) is 0 Å². The van der Waals surface area contributed by atoms with Gasteiger partial charge in [-0.2, -0.15) is 0 Å². The van der Waals surface area contributed by atoms with Crippen molar-refractivity contribution in [1.29, 1.82) is 0 Å². The third-order valence-corrected chi connectivity index (χ3v) is 2.79. The van der Waals surface area contributed by atoms with Crippen LogP contribution in [0.2, 0.25) is 0 Å². The van der Waals surface area contributed by atoms with Gasteiger partial charge in [0.05, 0.1) is 0 Å². The SMILES string of the molecule is O=C(NCC(O)COc1ccc(F)cc1)c1ccccc1. The van der Waals surface area contributed by atoms with E-state index in [1.165, 1.54) is 24.3 Å². The summed E-state index contributed by atoms with van der Waals surface area (Å²) in [5.74, 6) is -0.140. The first kappa shape index (κ1) is 15.0. The molecule has 2 aromatic carbocycles. The number of nitrogens with one attached hydrogen (secondary N) is 1. The molecule has 0 radical (unpaired) electrons. The van der Waals surface area contributed by atoms with Crippen LogP contribution in [0.3, 0.4) is 0 Å². The Labute approximate surface area is 122 Å². The van der Waals surface area contributed by atoms with Gasteiger partial charge in [-0.25, -0.2) is 4.39 Å². The van der Waals surface area contributed by atoms with Gasteiger partial charge in [-0.3, -0.25) is 4.79 Å². The number of hydrogen-bond donors (Lipinski definition) is 2. The van der Waals surface area contributed by atoms with Gasteiger partial charge in [-0.05, 0) is 36.4 Å². The maximum atomic E-state index is 12.7. The smallest absolute Gasteiger partial charge is 0.251 e. The lowest BCUT2D eigenvalue weighted by Crippen LogP contribution is -2.35. The zero-order valence-corrected chi connectivity index (χ0v) is 11.3. The molecule has 5 heteroatoms. The lowest BCUT2D eigenvalue weighted by molar-refractivity contribution is 0.0843. The van der Waals surface area contributed by atoms with Gasteiger partial charge >= 0.3 is 0 Å². The minimum Gasteiger partial charge on any atom is -0.491 e. The largest absolute Gasteiger partial charge is 0.491 e. The Morgan fingerprint density at radius 1 is 1.14 bits per heavy atom. The lowest BCUT2D eigenvalue weighted by atomic mass is 10.2. The van der Waals surface area contributed by atoms with Crippen LogP contribution in [-0.2, 0) is 0 Å². The Morgan fingerprint density at radius 3 is 2.48 bits per heavy atom. The van der Waals surface area contributed by atoms with Crippen LogP contribution < -0.4 is 10.1 Å². The molecular formula is C16H16FNO3. The molecule has 0 heterocycles. The zero-order chi connectivity index (χ0) is 15.1. The minimum atomic E-state index is -0.845. The predicted octanol–water partition coefficient (Wildman–Crippen LogP) is 2.00. The molecule has 4 nitrogen and oxygen atoms in total. The average molecular weight is 289 g/mol. The Hall–Kier alpha value is -2.40. The molecule has 0 spiro atoms. The standard InChI is InChI=1S/C16H16FNO3/c17-13-6-8-15(9-7-13)21-11-14(19)10-18-16(20)12-4-2-1-3-5-12/h1-9,14,19H,10-11H2,(H,18,20). The highest BCUT2D eigenvalue weighted by molar-refractivity contribution is 5.94. The van der Waals surface area contributed by atoms with Gasteiger partial charge in [0.25, 0.3) is 5.91 Å². The Bertz CT molecular complexity index is 572. The van der Waals surface area contributed by atoms with Crippen LogP contribution >= 0.6 is 0 Å². The summed E-state index contributed by atoms with van der Waals surface area (Å²) in [5, 5.41) is 12.4. The molecule has 110 valence electrons. The van der Waals surface area contributed by atoms with Crippen LogP contribution in [0.25, 0.3) is 0 Å². The second kappa shape index (κ2) is 7.40. The molecule has 0 aliphatic heterocycles. The second-order valence-electron chi connectivity index (χ2n) is 4.49. The summed E-state index contributed by atoms with van der Waals surface area (Å²) < 4.78 is 18.0. The first-order valence-corrected chi connectivity index (χ1v) is 6.55. The van der Waals surface area contributed by atoms with Crippen LogP contribution in [0, 0.1) is 5.82 Å².